The van der Waals surface area contributed by atoms with E-state index in [9.17, 15) is 13.5 Å². The van der Waals surface area contributed by atoms with Gasteiger partial charge in [-0.25, -0.2) is 13.4 Å². The van der Waals surface area contributed by atoms with Crippen molar-refractivity contribution in [2.45, 2.75) is 31.3 Å². The summed E-state index contributed by atoms with van der Waals surface area (Å²) in [6.45, 7) is 5.30. The van der Waals surface area contributed by atoms with E-state index in [0.717, 1.165) is 22.4 Å². The van der Waals surface area contributed by atoms with Crippen LogP contribution in [0.5, 0.6) is 0 Å². The highest BCUT2D eigenvalue weighted by Gasteiger charge is 2.25. The average Bonchev–Trinajstić information content (AvgIpc) is 3.18. The van der Waals surface area contributed by atoms with Crippen LogP contribution in [0.15, 0.2) is 71.8 Å². The number of rotatable bonds is 5. The van der Waals surface area contributed by atoms with Gasteiger partial charge in [-0.1, -0.05) is 47.5 Å². The van der Waals surface area contributed by atoms with Crippen molar-refractivity contribution in [3.63, 3.8) is 0 Å². The Morgan fingerprint density at radius 2 is 1.56 bits per heavy atom. The molecule has 1 heterocycles. The van der Waals surface area contributed by atoms with Gasteiger partial charge in [0.05, 0.1) is 31.9 Å². The largest absolute Gasteiger partial charge is 0.384 e. The van der Waals surface area contributed by atoms with Crippen LogP contribution in [0.1, 0.15) is 25.1 Å². The van der Waals surface area contributed by atoms with Crippen molar-refractivity contribution in [2.75, 3.05) is 6.26 Å². The van der Waals surface area contributed by atoms with Gasteiger partial charge in [0.1, 0.15) is 11.4 Å². The van der Waals surface area contributed by atoms with Crippen LogP contribution in [-0.2, 0) is 15.4 Å². The van der Waals surface area contributed by atoms with Gasteiger partial charge in [-0.15, -0.1) is 0 Å². The standard InChI is InChI=1S/C26H24Cl2N2O3S/c1-16-13-18(17-7-5-8-19(14-17)34(4,32)33)11-12-22(16)30-15-23(26(2,3)31)29-25(30)24-20(27)9-6-10-21(24)28/h5-15,31H,1-4H3. The summed E-state index contributed by atoms with van der Waals surface area (Å²) in [5.74, 6) is 0.516. The number of hydrogen-bond donors (Lipinski definition) is 1. The quantitative estimate of drug-likeness (QED) is 0.332. The zero-order chi connectivity index (χ0) is 24.8. The molecule has 0 aliphatic rings. The van der Waals surface area contributed by atoms with Crippen molar-refractivity contribution >= 4 is 33.0 Å². The lowest BCUT2D eigenvalue weighted by atomic mass is 10.0. The van der Waals surface area contributed by atoms with Crippen molar-refractivity contribution in [1.82, 2.24) is 9.55 Å². The molecule has 3 aromatic carbocycles. The Bertz CT molecular complexity index is 1480. The van der Waals surface area contributed by atoms with E-state index in [1.54, 1.807) is 56.4 Å². The van der Waals surface area contributed by atoms with Crippen LogP contribution >= 0.6 is 23.2 Å². The van der Waals surface area contributed by atoms with Crippen LogP contribution in [0, 0.1) is 6.92 Å². The Kier molecular flexibility index (Phi) is 6.38. The van der Waals surface area contributed by atoms with E-state index in [2.05, 4.69) is 4.98 Å². The molecule has 1 aromatic heterocycles. The smallest absolute Gasteiger partial charge is 0.175 e. The summed E-state index contributed by atoms with van der Waals surface area (Å²) < 4.78 is 25.8. The molecular weight excluding hydrogens is 491 g/mol. The predicted octanol–water partition coefficient (Wildman–Crippen LogP) is 6.45. The van der Waals surface area contributed by atoms with Crippen LogP contribution in [0.3, 0.4) is 0 Å². The molecule has 0 fully saturated rings. The number of sulfone groups is 1. The third-order valence-electron chi connectivity index (χ3n) is 5.57. The van der Waals surface area contributed by atoms with Crippen LogP contribution in [0.2, 0.25) is 10.0 Å². The van der Waals surface area contributed by atoms with E-state index in [0.29, 0.717) is 27.1 Å². The van der Waals surface area contributed by atoms with E-state index in [1.165, 1.54) is 6.26 Å². The van der Waals surface area contributed by atoms with Crippen molar-refractivity contribution < 1.29 is 13.5 Å². The van der Waals surface area contributed by atoms with Crippen LogP contribution in [-0.4, -0.2) is 29.3 Å². The second kappa shape index (κ2) is 8.86. The number of nitrogens with zero attached hydrogens (tertiary/aromatic N) is 2. The van der Waals surface area contributed by atoms with Crippen molar-refractivity contribution in [1.29, 1.82) is 0 Å². The number of hydrogen-bond acceptors (Lipinski definition) is 4. The molecule has 0 bridgehead atoms. The summed E-state index contributed by atoms with van der Waals surface area (Å²) in [4.78, 5) is 4.96. The molecule has 5 nitrogen and oxygen atoms in total. The number of aromatic nitrogens is 2. The van der Waals surface area contributed by atoms with Gasteiger partial charge in [0.2, 0.25) is 0 Å². The van der Waals surface area contributed by atoms with Crippen LogP contribution < -0.4 is 0 Å². The summed E-state index contributed by atoms with van der Waals surface area (Å²) in [5, 5.41) is 11.5. The molecule has 34 heavy (non-hydrogen) atoms. The molecule has 0 saturated carbocycles. The summed E-state index contributed by atoms with van der Waals surface area (Å²) >= 11 is 13.0. The van der Waals surface area contributed by atoms with Gasteiger partial charge in [-0.05, 0) is 73.9 Å². The minimum Gasteiger partial charge on any atom is -0.384 e. The molecule has 0 radical (unpaired) electrons. The maximum Gasteiger partial charge on any atom is 0.175 e. The maximum absolute atomic E-state index is 12.0. The molecule has 0 spiro atoms. The fraction of sp³-hybridized carbons (Fsp3) is 0.192. The first kappa shape index (κ1) is 24.5. The molecular formula is C26H24Cl2N2O3S. The van der Waals surface area contributed by atoms with E-state index < -0.39 is 15.4 Å². The first-order valence-electron chi connectivity index (χ1n) is 10.5. The fourth-order valence-corrected chi connectivity index (χ4v) is 4.99. The van der Waals surface area contributed by atoms with Gasteiger partial charge < -0.3 is 5.11 Å². The molecule has 1 N–H and O–H groups in total. The molecule has 0 atom stereocenters. The summed E-state index contributed by atoms with van der Waals surface area (Å²) in [6, 6.07) is 18.0. The van der Waals surface area contributed by atoms with Crippen molar-refractivity contribution in [3.05, 3.63) is 88.2 Å². The highest BCUT2D eigenvalue weighted by atomic mass is 35.5. The van der Waals surface area contributed by atoms with Gasteiger partial charge in [0.15, 0.2) is 9.84 Å². The number of aryl methyl sites for hydroxylation is 1. The molecule has 176 valence electrons. The lowest BCUT2D eigenvalue weighted by Gasteiger charge is -2.14. The van der Waals surface area contributed by atoms with E-state index >= 15 is 0 Å². The second-order valence-electron chi connectivity index (χ2n) is 8.78. The van der Waals surface area contributed by atoms with Crippen molar-refractivity contribution in [3.8, 4) is 28.2 Å². The molecule has 0 unspecified atom stereocenters. The van der Waals surface area contributed by atoms with Crippen LogP contribution in [0.4, 0.5) is 0 Å². The molecule has 0 saturated heterocycles. The van der Waals surface area contributed by atoms with E-state index in [1.807, 2.05) is 35.8 Å². The van der Waals surface area contributed by atoms with Gasteiger partial charge in [0.25, 0.3) is 0 Å². The molecule has 0 amide bonds. The van der Waals surface area contributed by atoms with E-state index in [-0.39, 0.29) is 4.90 Å². The molecule has 0 aliphatic heterocycles. The van der Waals surface area contributed by atoms with E-state index in [4.69, 9.17) is 23.2 Å². The number of halogens is 2. The Morgan fingerprint density at radius 1 is 0.941 bits per heavy atom. The topological polar surface area (TPSA) is 72.2 Å². The minimum absolute atomic E-state index is 0.270. The van der Waals surface area contributed by atoms with Gasteiger partial charge >= 0.3 is 0 Å². The number of imidazole rings is 1. The highest BCUT2D eigenvalue weighted by molar-refractivity contribution is 7.90. The average molecular weight is 515 g/mol. The predicted molar refractivity (Wildman–Crippen MR) is 138 cm³/mol. The Morgan fingerprint density at radius 3 is 2.15 bits per heavy atom. The minimum atomic E-state index is -3.31. The first-order chi connectivity index (χ1) is 15.9. The lowest BCUT2D eigenvalue weighted by molar-refractivity contribution is 0.0743. The maximum atomic E-state index is 12.0. The SMILES string of the molecule is Cc1cc(-c2cccc(S(C)(=O)=O)c2)ccc1-n1cc(C(C)(C)O)nc1-c1c(Cl)cccc1Cl. The van der Waals surface area contributed by atoms with Gasteiger partial charge in [-0.2, -0.15) is 0 Å². The van der Waals surface area contributed by atoms with Crippen molar-refractivity contribution in [2.24, 2.45) is 0 Å². The third-order valence-corrected chi connectivity index (χ3v) is 7.31. The molecule has 4 rings (SSSR count). The van der Waals surface area contributed by atoms with Gasteiger partial charge in [0, 0.05) is 12.5 Å². The Labute approximate surface area is 209 Å². The zero-order valence-electron chi connectivity index (χ0n) is 19.2. The fourth-order valence-electron chi connectivity index (χ4n) is 3.76. The molecule has 4 aromatic rings. The summed E-state index contributed by atoms with van der Waals surface area (Å²) in [7, 11) is -3.31. The monoisotopic (exact) mass is 514 g/mol. The first-order valence-corrected chi connectivity index (χ1v) is 13.2. The lowest BCUT2D eigenvalue weighted by Crippen LogP contribution is -2.15. The highest BCUT2D eigenvalue weighted by Crippen LogP contribution is 2.37. The Hall–Kier alpha value is -2.64. The molecule has 8 heteroatoms. The van der Waals surface area contributed by atoms with Gasteiger partial charge in [-0.3, -0.25) is 4.57 Å². The summed E-state index contributed by atoms with van der Waals surface area (Å²) in [6.07, 6.45) is 2.97. The number of benzene rings is 3. The zero-order valence-corrected chi connectivity index (χ0v) is 21.5. The normalized spacial score (nSPS) is 12.2. The Balaban J connectivity index is 1.88. The van der Waals surface area contributed by atoms with Crippen LogP contribution in [0.25, 0.3) is 28.2 Å². The number of aliphatic hydroxyl groups is 1. The summed E-state index contributed by atoms with van der Waals surface area (Å²) in [5.41, 5.74) is 3.31. The third kappa shape index (κ3) is 4.77. The second-order valence-corrected chi connectivity index (χ2v) is 11.6. The molecule has 0 aliphatic carbocycles.